The molecule has 2 nitrogen and oxygen atoms in total. The fraction of sp³-hybridized carbons (Fsp3) is 0.588. The predicted octanol–water partition coefficient (Wildman–Crippen LogP) is 4.86. The van der Waals surface area contributed by atoms with Crippen molar-refractivity contribution in [3.63, 3.8) is 0 Å². The summed E-state index contributed by atoms with van der Waals surface area (Å²) in [4.78, 5) is 15.9. The molecule has 0 aliphatic carbocycles. The van der Waals surface area contributed by atoms with Crippen molar-refractivity contribution in [1.82, 2.24) is 4.90 Å². The molecule has 0 N–H and O–H groups in total. The van der Waals surface area contributed by atoms with E-state index in [0.717, 1.165) is 35.8 Å². The monoisotopic (exact) mass is 325 g/mol. The van der Waals surface area contributed by atoms with Crippen LogP contribution in [0.4, 0.5) is 0 Å². The van der Waals surface area contributed by atoms with Crippen LogP contribution >= 0.6 is 23.4 Å². The average molecular weight is 326 g/mol. The fourth-order valence-corrected chi connectivity index (χ4v) is 3.97. The average Bonchev–Trinajstić information content (AvgIpc) is 2.45. The van der Waals surface area contributed by atoms with Gasteiger partial charge in [0.05, 0.1) is 5.25 Å². The second-order valence-corrected chi connectivity index (χ2v) is 8.21. The highest BCUT2D eigenvalue weighted by molar-refractivity contribution is 8.00. The second-order valence-electron chi connectivity index (χ2n) is 6.50. The molecule has 0 spiro atoms. The third kappa shape index (κ3) is 4.65. The van der Waals surface area contributed by atoms with Crippen molar-refractivity contribution in [2.24, 2.45) is 5.41 Å². The lowest BCUT2D eigenvalue weighted by Crippen LogP contribution is -2.46. The Kier molecular flexibility index (Phi) is 5.61. The van der Waals surface area contributed by atoms with E-state index in [-0.39, 0.29) is 16.6 Å². The van der Waals surface area contributed by atoms with Gasteiger partial charge in [0, 0.05) is 23.0 Å². The first-order valence-corrected chi connectivity index (χ1v) is 8.88. The number of likely N-dealkylation sites (tertiary alicyclic amines) is 1. The quantitative estimate of drug-likeness (QED) is 0.737. The van der Waals surface area contributed by atoms with Crippen LogP contribution in [0.25, 0.3) is 0 Å². The van der Waals surface area contributed by atoms with Crippen molar-refractivity contribution in [2.45, 2.75) is 50.2 Å². The molecule has 0 unspecified atom stereocenters. The minimum atomic E-state index is 0.0000699. The summed E-state index contributed by atoms with van der Waals surface area (Å²) in [6.45, 7) is 8.36. The molecule has 1 aromatic carbocycles. The molecule has 21 heavy (non-hydrogen) atoms. The van der Waals surface area contributed by atoms with Gasteiger partial charge in [0.15, 0.2) is 0 Å². The van der Waals surface area contributed by atoms with Crippen LogP contribution in [0.3, 0.4) is 0 Å². The van der Waals surface area contributed by atoms with E-state index in [4.69, 9.17) is 11.6 Å². The molecule has 0 saturated carbocycles. The Bertz CT molecular complexity index is 486. The standard InChI is InChI=1S/C17H24ClNOS/c1-4-15(21-14-8-6-13(18)7-9-14)16(20)19-11-5-10-17(2,3)12-19/h6-9,15H,4-5,10-12H2,1-3H3/t15-/m1/s1. The summed E-state index contributed by atoms with van der Waals surface area (Å²) in [6, 6.07) is 7.74. The molecule has 1 atom stereocenters. The van der Waals surface area contributed by atoms with E-state index in [2.05, 4.69) is 25.7 Å². The zero-order valence-corrected chi connectivity index (χ0v) is 14.6. The first-order chi connectivity index (χ1) is 9.91. The molecule has 0 aromatic heterocycles. The molecule has 1 saturated heterocycles. The number of nitrogens with zero attached hydrogens (tertiary/aromatic N) is 1. The molecule has 1 aromatic rings. The van der Waals surface area contributed by atoms with Crippen LogP contribution < -0.4 is 0 Å². The van der Waals surface area contributed by atoms with Crippen LogP contribution in [0.2, 0.25) is 5.02 Å². The van der Waals surface area contributed by atoms with E-state index in [9.17, 15) is 4.79 Å². The van der Waals surface area contributed by atoms with Gasteiger partial charge in [-0.2, -0.15) is 0 Å². The van der Waals surface area contributed by atoms with E-state index in [0.29, 0.717) is 0 Å². The Labute approximate surface area is 137 Å². The summed E-state index contributed by atoms with van der Waals surface area (Å²) >= 11 is 7.56. The van der Waals surface area contributed by atoms with Crippen LogP contribution in [-0.2, 0) is 4.79 Å². The van der Waals surface area contributed by atoms with Crippen molar-refractivity contribution < 1.29 is 4.79 Å². The maximum atomic E-state index is 12.8. The number of hydrogen-bond acceptors (Lipinski definition) is 2. The van der Waals surface area contributed by atoms with E-state index >= 15 is 0 Å². The van der Waals surface area contributed by atoms with E-state index in [1.165, 1.54) is 6.42 Å². The van der Waals surface area contributed by atoms with Crippen LogP contribution in [0, 0.1) is 5.41 Å². The number of carbonyl (C=O) groups excluding carboxylic acids is 1. The summed E-state index contributed by atoms with van der Waals surface area (Å²) in [7, 11) is 0. The highest BCUT2D eigenvalue weighted by Gasteiger charge is 2.32. The molecule has 0 radical (unpaired) electrons. The third-order valence-corrected chi connectivity index (χ3v) is 5.57. The largest absolute Gasteiger partial charge is 0.341 e. The van der Waals surface area contributed by atoms with Gasteiger partial charge in [0.25, 0.3) is 0 Å². The van der Waals surface area contributed by atoms with E-state index in [1.54, 1.807) is 11.8 Å². The van der Waals surface area contributed by atoms with Gasteiger partial charge in [0.1, 0.15) is 0 Å². The number of carbonyl (C=O) groups is 1. The summed E-state index contributed by atoms with van der Waals surface area (Å²) in [5, 5.41) is 0.733. The second kappa shape index (κ2) is 7.06. The number of amides is 1. The van der Waals surface area contributed by atoms with Gasteiger partial charge in [-0.15, -0.1) is 11.8 Å². The van der Waals surface area contributed by atoms with E-state index in [1.807, 2.05) is 24.3 Å². The van der Waals surface area contributed by atoms with Gasteiger partial charge in [0.2, 0.25) is 5.91 Å². The molecular weight excluding hydrogens is 302 g/mol. The molecule has 1 fully saturated rings. The third-order valence-electron chi connectivity index (χ3n) is 3.95. The SMILES string of the molecule is CC[C@@H](Sc1ccc(Cl)cc1)C(=O)N1CCCC(C)(C)C1. The Morgan fingerprint density at radius 1 is 1.38 bits per heavy atom. The van der Waals surface area contributed by atoms with Crippen molar-refractivity contribution in [1.29, 1.82) is 0 Å². The minimum absolute atomic E-state index is 0.0000699. The van der Waals surface area contributed by atoms with E-state index < -0.39 is 0 Å². The number of piperidine rings is 1. The number of rotatable bonds is 4. The molecule has 1 heterocycles. The van der Waals surface area contributed by atoms with Gasteiger partial charge in [-0.1, -0.05) is 32.4 Å². The molecule has 1 aliphatic heterocycles. The Balaban J connectivity index is 2.02. The van der Waals surface area contributed by atoms with Gasteiger partial charge in [-0.25, -0.2) is 0 Å². The van der Waals surface area contributed by atoms with Crippen LogP contribution in [-0.4, -0.2) is 29.1 Å². The zero-order valence-electron chi connectivity index (χ0n) is 13.1. The highest BCUT2D eigenvalue weighted by atomic mass is 35.5. The topological polar surface area (TPSA) is 20.3 Å². The predicted molar refractivity (Wildman–Crippen MR) is 91.0 cm³/mol. The lowest BCUT2D eigenvalue weighted by molar-refractivity contribution is -0.133. The molecule has 2 rings (SSSR count). The molecular formula is C17H24ClNOS. The summed E-state index contributed by atoms with van der Waals surface area (Å²) in [5.74, 6) is 0.283. The van der Waals surface area contributed by atoms with Crippen molar-refractivity contribution in [3.8, 4) is 0 Å². The number of hydrogen-bond donors (Lipinski definition) is 0. The van der Waals surface area contributed by atoms with Crippen molar-refractivity contribution in [2.75, 3.05) is 13.1 Å². The summed E-state index contributed by atoms with van der Waals surface area (Å²) < 4.78 is 0. The van der Waals surface area contributed by atoms with Gasteiger partial charge >= 0.3 is 0 Å². The zero-order chi connectivity index (χ0) is 15.5. The number of halogens is 1. The van der Waals surface area contributed by atoms with Crippen molar-refractivity contribution in [3.05, 3.63) is 29.3 Å². The Morgan fingerprint density at radius 2 is 2.05 bits per heavy atom. The smallest absolute Gasteiger partial charge is 0.236 e. The van der Waals surface area contributed by atoms with Crippen LogP contribution in [0.15, 0.2) is 29.2 Å². The molecule has 1 aliphatic rings. The Hall–Kier alpha value is -0.670. The fourth-order valence-electron chi connectivity index (χ4n) is 2.80. The highest BCUT2D eigenvalue weighted by Crippen LogP contribution is 2.32. The maximum Gasteiger partial charge on any atom is 0.236 e. The van der Waals surface area contributed by atoms with Gasteiger partial charge in [-0.3, -0.25) is 4.79 Å². The minimum Gasteiger partial charge on any atom is -0.341 e. The lowest BCUT2D eigenvalue weighted by atomic mass is 9.84. The number of benzene rings is 1. The van der Waals surface area contributed by atoms with Gasteiger partial charge < -0.3 is 4.90 Å². The van der Waals surface area contributed by atoms with Gasteiger partial charge in [-0.05, 0) is 48.9 Å². The summed E-state index contributed by atoms with van der Waals surface area (Å²) in [6.07, 6.45) is 3.17. The maximum absolute atomic E-state index is 12.8. The molecule has 1 amide bonds. The lowest BCUT2D eigenvalue weighted by Gasteiger charge is -2.39. The first-order valence-electron chi connectivity index (χ1n) is 7.62. The van der Waals surface area contributed by atoms with Crippen LogP contribution in [0.1, 0.15) is 40.0 Å². The van der Waals surface area contributed by atoms with Crippen molar-refractivity contribution >= 4 is 29.3 Å². The Morgan fingerprint density at radius 3 is 2.62 bits per heavy atom. The molecule has 0 bridgehead atoms. The first kappa shape index (κ1) is 16.7. The summed E-state index contributed by atoms with van der Waals surface area (Å²) in [5.41, 5.74) is 0.247. The molecule has 116 valence electrons. The number of thioether (sulfide) groups is 1. The van der Waals surface area contributed by atoms with Crippen LogP contribution in [0.5, 0.6) is 0 Å². The molecule has 4 heteroatoms. The normalized spacial score (nSPS) is 19.3.